The van der Waals surface area contributed by atoms with Crippen molar-refractivity contribution in [3.8, 4) is 5.75 Å². The zero-order valence-electron chi connectivity index (χ0n) is 20.4. The number of para-hydroxylation sites is 1. The summed E-state index contributed by atoms with van der Waals surface area (Å²) in [6, 6.07) is 21.0. The van der Waals surface area contributed by atoms with E-state index < -0.39 is 6.16 Å². The second-order valence-electron chi connectivity index (χ2n) is 8.93. The molecule has 7 nitrogen and oxygen atoms in total. The first-order valence-electron chi connectivity index (χ1n) is 11.4. The molecular formula is C28H30N2O5. The molecular weight excluding hydrogens is 444 g/mol. The minimum Gasteiger partial charge on any atom is -0.434 e. The molecule has 3 rings (SSSR count). The molecule has 0 atom stereocenters. The highest BCUT2D eigenvalue weighted by Crippen LogP contribution is 2.23. The lowest BCUT2D eigenvalue weighted by Gasteiger charge is -2.19. The highest BCUT2D eigenvalue weighted by Gasteiger charge is 2.15. The molecule has 35 heavy (non-hydrogen) atoms. The normalized spacial score (nSPS) is 10.9. The average molecular weight is 475 g/mol. The third-order valence-electron chi connectivity index (χ3n) is 5.30. The number of benzene rings is 3. The summed E-state index contributed by atoms with van der Waals surface area (Å²) in [6.07, 6.45) is -0.798. The van der Waals surface area contributed by atoms with Crippen LogP contribution in [0.1, 0.15) is 59.5 Å². The molecule has 0 spiro atoms. The molecule has 3 aromatic carbocycles. The summed E-state index contributed by atoms with van der Waals surface area (Å²) < 4.78 is 9.72. The Hall–Kier alpha value is -4.13. The number of carbonyl (C=O) groups is 3. The van der Waals surface area contributed by atoms with Gasteiger partial charge in [0.05, 0.1) is 6.61 Å². The first-order valence-corrected chi connectivity index (χ1v) is 11.4. The topological polar surface area (TPSA) is 93.7 Å². The maximum Gasteiger partial charge on any atom is 0.513 e. The van der Waals surface area contributed by atoms with Crippen molar-refractivity contribution in [1.82, 2.24) is 5.32 Å². The summed E-state index contributed by atoms with van der Waals surface area (Å²) in [5, 5.41) is 5.78. The van der Waals surface area contributed by atoms with Gasteiger partial charge in [0.1, 0.15) is 5.75 Å². The first-order chi connectivity index (χ1) is 16.7. The smallest absolute Gasteiger partial charge is 0.434 e. The van der Waals surface area contributed by atoms with E-state index in [1.807, 2.05) is 42.5 Å². The van der Waals surface area contributed by atoms with E-state index in [2.05, 4.69) is 31.4 Å². The van der Waals surface area contributed by atoms with Crippen molar-refractivity contribution < 1.29 is 23.9 Å². The Morgan fingerprint density at radius 2 is 1.40 bits per heavy atom. The van der Waals surface area contributed by atoms with Gasteiger partial charge in [0.15, 0.2) is 0 Å². The van der Waals surface area contributed by atoms with Crippen LogP contribution in [-0.4, -0.2) is 24.6 Å². The van der Waals surface area contributed by atoms with Crippen molar-refractivity contribution in [3.05, 3.63) is 95.1 Å². The van der Waals surface area contributed by atoms with E-state index in [0.717, 1.165) is 11.1 Å². The van der Waals surface area contributed by atoms with Crippen molar-refractivity contribution in [2.45, 2.75) is 39.7 Å². The summed E-state index contributed by atoms with van der Waals surface area (Å²) in [5.74, 6) is -0.239. The van der Waals surface area contributed by atoms with Crippen molar-refractivity contribution in [3.63, 3.8) is 0 Å². The molecule has 0 radical (unpaired) electrons. The van der Waals surface area contributed by atoms with Crippen molar-refractivity contribution >= 4 is 23.7 Å². The van der Waals surface area contributed by atoms with Crippen LogP contribution in [0.2, 0.25) is 0 Å². The highest BCUT2D eigenvalue weighted by molar-refractivity contribution is 6.04. The number of amides is 2. The molecule has 0 saturated heterocycles. The van der Waals surface area contributed by atoms with Crippen molar-refractivity contribution in [2.75, 3.05) is 11.9 Å². The molecule has 0 fully saturated rings. The van der Waals surface area contributed by atoms with E-state index in [1.165, 1.54) is 12.1 Å². The second kappa shape index (κ2) is 11.3. The third kappa shape index (κ3) is 7.17. The van der Waals surface area contributed by atoms with Gasteiger partial charge in [0.2, 0.25) is 0 Å². The Balaban J connectivity index is 1.61. The minimum atomic E-state index is -0.798. The van der Waals surface area contributed by atoms with Crippen LogP contribution in [0.15, 0.2) is 72.8 Å². The van der Waals surface area contributed by atoms with E-state index >= 15 is 0 Å². The van der Waals surface area contributed by atoms with Crippen LogP contribution in [0.25, 0.3) is 0 Å². The van der Waals surface area contributed by atoms with Gasteiger partial charge < -0.3 is 20.1 Å². The second-order valence-corrected chi connectivity index (χ2v) is 8.93. The zero-order chi connectivity index (χ0) is 25.4. The molecule has 7 heteroatoms. The van der Waals surface area contributed by atoms with Crippen LogP contribution in [0.3, 0.4) is 0 Å². The highest BCUT2D eigenvalue weighted by atomic mass is 16.7. The quantitative estimate of drug-likeness (QED) is 0.338. The Kier molecular flexibility index (Phi) is 8.25. The molecule has 0 aromatic heterocycles. The molecule has 0 bridgehead atoms. The average Bonchev–Trinajstić information content (AvgIpc) is 2.83. The third-order valence-corrected chi connectivity index (χ3v) is 5.30. The monoisotopic (exact) mass is 474 g/mol. The van der Waals surface area contributed by atoms with Crippen LogP contribution in [0.5, 0.6) is 5.75 Å². The molecule has 182 valence electrons. The molecule has 2 N–H and O–H groups in total. The lowest BCUT2D eigenvalue weighted by atomic mass is 9.87. The van der Waals surface area contributed by atoms with Gasteiger partial charge >= 0.3 is 6.16 Å². The zero-order valence-corrected chi connectivity index (χ0v) is 20.4. The summed E-state index contributed by atoms with van der Waals surface area (Å²) in [7, 11) is 0. The Bertz CT molecular complexity index is 1180. The molecule has 0 aliphatic carbocycles. The lowest BCUT2D eigenvalue weighted by Crippen LogP contribution is -2.24. The lowest BCUT2D eigenvalue weighted by molar-refractivity contribution is 0.0950. The number of anilines is 1. The fourth-order valence-corrected chi connectivity index (χ4v) is 3.31. The van der Waals surface area contributed by atoms with E-state index in [4.69, 9.17) is 9.47 Å². The maximum atomic E-state index is 12.8. The van der Waals surface area contributed by atoms with Gasteiger partial charge in [-0.25, -0.2) is 4.79 Å². The molecule has 0 aliphatic heterocycles. The number of ether oxygens (including phenoxy) is 2. The number of hydrogen-bond acceptors (Lipinski definition) is 5. The van der Waals surface area contributed by atoms with Crippen LogP contribution in [0, 0.1) is 0 Å². The Labute approximate surface area is 205 Å². The van der Waals surface area contributed by atoms with E-state index in [1.54, 1.807) is 25.1 Å². The predicted octanol–water partition coefficient (Wildman–Crippen LogP) is 5.70. The predicted molar refractivity (Wildman–Crippen MR) is 135 cm³/mol. The van der Waals surface area contributed by atoms with Crippen molar-refractivity contribution in [1.29, 1.82) is 0 Å². The van der Waals surface area contributed by atoms with E-state index in [-0.39, 0.29) is 36.1 Å². The van der Waals surface area contributed by atoms with Crippen LogP contribution >= 0.6 is 0 Å². The van der Waals surface area contributed by atoms with Gasteiger partial charge in [-0.05, 0) is 65.9 Å². The van der Waals surface area contributed by atoms with Gasteiger partial charge in [-0.3, -0.25) is 9.59 Å². The van der Waals surface area contributed by atoms with E-state index in [0.29, 0.717) is 16.8 Å². The summed E-state index contributed by atoms with van der Waals surface area (Å²) in [4.78, 5) is 36.8. The number of hydrogen-bond donors (Lipinski definition) is 2. The molecule has 0 unspecified atom stereocenters. The molecule has 2 amide bonds. The van der Waals surface area contributed by atoms with Crippen LogP contribution in [0.4, 0.5) is 10.5 Å². The van der Waals surface area contributed by atoms with E-state index in [9.17, 15) is 14.4 Å². The molecule has 3 aromatic rings. The SMILES string of the molecule is CCOC(=O)Oc1ccc(C(=O)NCc2ccccc2NC(=O)c2ccc(C(C)(C)C)cc2)cc1. The van der Waals surface area contributed by atoms with Gasteiger partial charge in [-0.1, -0.05) is 51.1 Å². The fourth-order valence-electron chi connectivity index (χ4n) is 3.31. The summed E-state index contributed by atoms with van der Waals surface area (Å²) in [5.41, 5.74) is 3.51. The Morgan fingerprint density at radius 3 is 2.03 bits per heavy atom. The molecule has 0 aliphatic rings. The largest absolute Gasteiger partial charge is 0.513 e. The van der Waals surface area contributed by atoms with Crippen molar-refractivity contribution in [2.24, 2.45) is 0 Å². The standard InChI is InChI=1S/C28H30N2O5/c1-5-34-27(33)35-23-16-12-19(13-17-23)25(31)29-18-21-8-6-7-9-24(21)30-26(32)20-10-14-22(15-11-20)28(2,3)4/h6-17H,5,18H2,1-4H3,(H,29,31)(H,30,32). The fraction of sp³-hybridized carbons (Fsp3) is 0.250. The maximum absolute atomic E-state index is 12.8. The summed E-state index contributed by atoms with van der Waals surface area (Å²) >= 11 is 0. The number of nitrogens with one attached hydrogen (secondary N) is 2. The first kappa shape index (κ1) is 25.5. The van der Waals surface area contributed by atoms with Crippen LogP contribution in [-0.2, 0) is 16.7 Å². The molecule has 0 saturated carbocycles. The molecule has 0 heterocycles. The van der Waals surface area contributed by atoms with Gasteiger partial charge in [-0.15, -0.1) is 0 Å². The van der Waals surface area contributed by atoms with Gasteiger partial charge in [0, 0.05) is 23.4 Å². The Morgan fingerprint density at radius 1 is 0.800 bits per heavy atom. The van der Waals surface area contributed by atoms with Gasteiger partial charge in [-0.2, -0.15) is 0 Å². The van der Waals surface area contributed by atoms with Crippen LogP contribution < -0.4 is 15.4 Å². The minimum absolute atomic E-state index is 0.00799. The van der Waals surface area contributed by atoms with Gasteiger partial charge in [0.25, 0.3) is 11.8 Å². The number of rotatable bonds is 7. The number of carbonyl (C=O) groups excluding carboxylic acids is 3. The summed E-state index contributed by atoms with van der Waals surface area (Å²) in [6.45, 7) is 8.49.